The average Bonchev–Trinajstić information content (AvgIpc) is 2.59. The van der Waals surface area contributed by atoms with Crippen molar-refractivity contribution in [3.63, 3.8) is 0 Å². The smallest absolute Gasteiger partial charge is 0.119 e. The molecule has 0 bridgehead atoms. The van der Waals surface area contributed by atoms with E-state index in [4.69, 9.17) is 9.84 Å². The van der Waals surface area contributed by atoms with Crippen LogP contribution in [0.15, 0.2) is 24.3 Å². The van der Waals surface area contributed by atoms with Crippen LogP contribution in [0.1, 0.15) is 4.88 Å². The molecule has 74 valence electrons. The molecular weight excluding hydrogens is 196 g/mol. The summed E-state index contributed by atoms with van der Waals surface area (Å²) in [5, 5.41) is 10.0. The highest BCUT2D eigenvalue weighted by molar-refractivity contribution is 7.19. The van der Waals surface area contributed by atoms with Crippen molar-refractivity contribution in [2.75, 3.05) is 13.7 Å². The number of aliphatic hydroxyl groups is 1. The molecular formula is C11H12O2S. The Morgan fingerprint density at radius 1 is 1.36 bits per heavy atom. The Hall–Kier alpha value is -1.06. The highest BCUT2D eigenvalue weighted by atomic mass is 32.1. The fourth-order valence-corrected chi connectivity index (χ4v) is 2.47. The minimum Gasteiger partial charge on any atom is -0.497 e. The number of rotatable bonds is 3. The molecule has 2 nitrogen and oxygen atoms in total. The van der Waals surface area contributed by atoms with E-state index in [0.29, 0.717) is 0 Å². The molecule has 0 radical (unpaired) electrons. The molecule has 0 aliphatic carbocycles. The van der Waals surface area contributed by atoms with Crippen molar-refractivity contribution in [3.8, 4) is 5.75 Å². The van der Waals surface area contributed by atoms with E-state index < -0.39 is 0 Å². The Morgan fingerprint density at radius 2 is 2.21 bits per heavy atom. The van der Waals surface area contributed by atoms with Crippen LogP contribution in [-0.4, -0.2) is 18.8 Å². The predicted molar refractivity (Wildman–Crippen MR) is 59.2 cm³/mol. The summed E-state index contributed by atoms with van der Waals surface area (Å²) < 4.78 is 6.39. The van der Waals surface area contributed by atoms with Crippen molar-refractivity contribution in [2.45, 2.75) is 6.42 Å². The normalized spacial score (nSPS) is 10.7. The summed E-state index contributed by atoms with van der Waals surface area (Å²) in [7, 11) is 1.67. The molecule has 2 rings (SSSR count). The summed E-state index contributed by atoms with van der Waals surface area (Å²) in [6.45, 7) is 0.212. The quantitative estimate of drug-likeness (QED) is 0.839. The standard InChI is InChI=1S/C11H12O2S/c1-13-9-2-3-11-8(6-9)7-10(14-11)4-5-12/h2-3,6-7,12H,4-5H2,1H3. The number of benzene rings is 1. The SMILES string of the molecule is COc1ccc2sc(CCO)cc2c1. The first-order chi connectivity index (χ1) is 6.83. The Labute approximate surface area is 86.8 Å². The number of methoxy groups -OCH3 is 1. The van der Waals surface area contributed by atoms with Gasteiger partial charge in [0.15, 0.2) is 0 Å². The van der Waals surface area contributed by atoms with Gasteiger partial charge in [0.05, 0.1) is 7.11 Å². The van der Waals surface area contributed by atoms with Crippen LogP contribution in [-0.2, 0) is 6.42 Å². The monoisotopic (exact) mass is 208 g/mol. The van der Waals surface area contributed by atoms with E-state index in [-0.39, 0.29) is 6.61 Å². The molecule has 0 saturated heterocycles. The number of fused-ring (bicyclic) bond motifs is 1. The molecule has 14 heavy (non-hydrogen) atoms. The lowest BCUT2D eigenvalue weighted by molar-refractivity contribution is 0.300. The van der Waals surface area contributed by atoms with Crippen molar-refractivity contribution in [2.24, 2.45) is 0 Å². The van der Waals surface area contributed by atoms with E-state index in [2.05, 4.69) is 12.1 Å². The average molecular weight is 208 g/mol. The van der Waals surface area contributed by atoms with Crippen LogP contribution in [0.5, 0.6) is 5.75 Å². The molecule has 0 amide bonds. The summed E-state index contributed by atoms with van der Waals surface area (Å²) in [6, 6.07) is 8.15. The molecule has 0 saturated carbocycles. The van der Waals surface area contributed by atoms with E-state index in [0.717, 1.165) is 12.2 Å². The summed E-state index contributed by atoms with van der Waals surface area (Å²) in [6.07, 6.45) is 0.738. The third-order valence-electron chi connectivity index (χ3n) is 2.13. The molecule has 1 aromatic carbocycles. The minimum absolute atomic E-state index is 0.212. The van der Waals surface area contributed by atoms with Gasteiger partial charge in [0.2, 0.25) is 0 Å². The molecule has 0 unspecified atom stereocenters. The third kappa shape index (κ3) is 1.74. The summed E-state index contributed by atoms with van der Waals surface area (Å²) in [4.78, 5) is 1.22. The summed E-state index contributed by atoms with van der Waals surface area (Å²) >= 11 is 1.73. The molecule has 2 aromatic rings. The van der Waals surface area contributed by atoms with Crippen molar-refractivity contribution in [1.82, 2.24) is 0 Å². The van der Waals surface area contributed by atoms with E-state index in [1.165, 1.54) is 15.0 Å². The zero-order valence-corrected chi connectivity index (χ0v) is 8.80. The van der Waals surface area contributed by atoms with Gasteiger partial charge < -0.3 is 9.84 Å². The van der Waals surface area contributed by atoms with Crippen molar-refractivity contribution in [3.05, 3.63) is 29.1 Å². The molecule has 1 aromatic heterocycles. The Morgan fingerprint density at radius 3 is 2.93 bits per heavy atom. The molecule has 0 atom stereocenters. The van der Waals surface area contributed by atoms with Gasteiger partial charge in [0.25, 0.3) is 0 Å². The largest absolute Gasteiger partial charge is 0.497 e. The topological polar surface area (TPSA) is 29.5 Å². The maximum atomic E-state index is 8.83. The number of ether oxygens (including phenoxy) is 1. The fraction of sp³-hybridized carbons (Fsp3) is 0.273. The first kappa shape index (κ1) is 9.49. The van der Waals surface area contributed by atoms with Crippen LogP contribution in [0, 0.1) is 0 Å². The van der Waals surface area contributed by atoms with Gasteiger partial charge in [-0.2, -0.15) is 0 Å². The summed E-state index contributed by atoms with van der Waals surface area (Å²) in [5.74, 6) is 0.880. The molecule has 0 aliphatic rings. The number of thiophene rings is 1. The van der Waals surface area contributed by atoms with Gasteiger partial charge in [-0.3, -0.25) is 0 Å². The van der Waals surface area contributed by atoms with Gasteiger partial charge in [-0.25, -0.2) is 0 Å². The fourth-order valence-electron chi connectivity index (χ4n) is 1.44. The van der Waals surface area contributed by atoms with Crippen LogP contribution in [0.2, 0.25) is 0 Å². The second kappa shape index (κ2) is 3.98. The number of hydrogen-bond acceptors (Lipinski definition) is 3. The highest BCUT2D eigenvalue weighted by Gasteiger charge is 2.02. The predicted octanol–water partition coefficient (Wildman–Crippen LogP) is 2.44. The van der Waals surface area contributed by atoms with Crippen molar-refractivity contribution < 1.29 is 9.84 Å². The van der Waals surface area contributed by atoms with Crippen LogP contribution in [0.3, 0.4) is 0 Å². The van der Waals surface area contributed by atoms with E-state index in [1.54, 1.807) is 18.4 Å². The first-order valence-corrected chi connectivity index (χ1v) is 5.32. The first-order valence-electron chi connectivity index (χ1n) is 4.51. The van der Waals surface area contributed by atoms with Gasteiger partial charge in [0.1, 0.15) is 5.75 Å². The second-order valence-corrected chi connectivity index (χ2v) is 4.26. The molecule has 0 aliphatic heterocycles. The van der Waals surface area contributed by atoms with Gasteiger partial charge in [-0.05, 0) is 29.7 Å². The van der Waals surface area contributed by atoms with Gasteiger partial charge in [0, 0.05) is 22.6 Å². The number of hydrogen-bond donors (Lipinski definition) is 1. The van der Waals surface area contributed by atoms with Gasteiger partial charge in [-0.1, -0.05) is 0 Å². The summed E-state index contributed by atoms with van der Waals surface area (Å²) in [5.41, 5.74) is 0. The maximum absolute atomic E-state index is 8.83. The second-order valence-electron chi connectivity index (χ2n) is 3.09. The van der Waals surface area contributed by atoms with E-state index in [9.17, 15) is 0 Å². The van der Waals surface area contributed by atoms with Crippen molar-refractivity contribution in [1.29, 1.82) is 0 Å². The lowest BCUT2D eigenvalue weighted by Crippen LogP contribution is -1.84. The van der Waals surface area contributed by atoms with Gasteiger partial charge >= 0.3 is 0 Å². The Balaban J connectivity index is 2.43. The van der Waals surface area contributed by atoms with Crippen LogP contribution in [0.4, 0.5) is 0 Å². The van der Waals surface area contributed by atoms with Crippen LogP contribution < -0.4 is 4.74 Å². The Bertz CT molecular complexity index is 434. The molecule has 1 N–H and O–H groups in total. The molecule has 0 spiro atoms. The molecule has 1 heterocycles. The van der Waals surface area contributed by atoms with E-state index >= 15 is 0 Å². The third-order valence-corrected chi connectivity index (χ3v) is 3.31. The lowest BCUT2D eigenvalue weighted by atomic mass is 10.2. The van der Waals surface area contributed by atoms with E-state index in [1.807, 2.05) is 12.1 Å². The minimum atomic E-state index is 0.212. The lowest BCUT2D eigenvalue weighted by Gasteiger charge is -1.97. The molecule has 3 heteroatoms. The van der Waals surface area contributed by atoms with Crippen molar-refractivity contribution >= 4 is 21.4 Å². The van der Waals surface area contributed by atoms with Crippen LogP contribution >= 0.6 is 11.3 Å². The van der Waals surface area contributed by atoms with Crippen LogP contribution in [0.25, 0.3) is 10.1 Å². The highest BCUT2D eigenvalue weighted by Crippen LogP contribution is 2.28. The number of aliphatic hydroxyl groups excluding tert-OH is 1. The zero-order valence-electron chi connectivity index (χ0n) is 7.99. The molecule has 0 fully saturated rings. The Kier molecular flexibility index (Phi) is 2.70. The maximum Gasteiger partial charge on any atom is 0.119 e. The van der Waals surface area contributed by atoms with Gasteiger partial charge in [-0.15, -0.1) is 11.3 Å². The zero-order chi connectivity index (χ0) is 9.97.